The number of nitrogens with two attached hydrogens (primary N) is 1. The molecule has 5 rings (SSSR count). The molecule has 0 bridgehead atoms. The number of nitrogen functional groups attached to an aromatic ring is 1. The van der Waals surface area contributed by atoms with Crippen LogP contribution >= 0.6 is 22.7 Å². The summed E-state index contributed by atoms with van der Waals surface area (Å²) < 4.78 is 5.39. The van der Waals surface area contributed by atoms with Crippen LogP contribution in [0.3, 0.4) is 0 Å². The molecule has 4 nitrogen and oxygen atoms in total. The highest BCUT2D eigenvalue weighted by molar-refractivity contribution is 7.22. The average Bonchev–Trinajstić information content (AvgIpc) is 3.45. The highest BCUT2D eigenvalue weighted by Crippen LogP contribution is 2.47. The van der Waals surface area contributed by atoms with Gasteiger partial charge < -0.3 is 10.5 Å². The number of thiophene rings is 2. The van der Waals surface area contributed by atoms with Gasteiger partial charge in [0.2, 0.25) is 5.78 Å². The van der Waals surface area contributed by atoms with E-state index in [1.54, 1.807) is 7.11 Å². The summed E-state index contributed by atoms with van der Waals surface area (Å²) in [4.78, 5) is 20.4. The third-order valence-electron chi connectivity index (χ3n) is 6.80. The number of carbonyl (C=O) groups excluding carboxylic acids is 1. The molecule has 0 fully saturated rings. The number of benzene rings is 1. The number of ketones is 1. The van der Waals surface area contributed by atoms with E-state index in [-0.39, 0.29) is 11.2 Å². The zero-order valence-electron chi connectivity index (χ0n) is 19.4. The van der Waals surface area contributed by atoms with Gasteiger partial charge in [-0.1, -0.05) is 39.0 Å². The van der Waals surface area contributed by atoms with Crippen molar-refractivity contribution in [2.75, 3.05) is 12.8 Å². The minimum absolute atomic E-state index is 0.0169. The lowest BCUT2D eigenvalue weighted by Gasteiger charge is -2.35. The van der Waals surface area contributed by atoms with E-state index in [0.29, 0.717) is 21.4 Å². The molecule has 1 atom stereocenters. The van der Waals surface area contributed by atoms with Crippen LogP contribution in [0.25, 0.3) is 21.3 Å². The molecule has 0 aliphatic heterocycles. The Kier molecular flexibility index (Phi) is 5.53. The number of anilines is 1. The predicted molar refractivity (Wildman–Crippen MR) is 139 cm³/mol. The van der Waals surface area contributed by atoms with Crippen LogP contribution in [0.2, 0.25) is 0 Å². The van der Waals surface area contributed by atoms with E-state index in [1.165, 1.54) is 28.2 Å². The molecule has 3 aromatic heterocycles. The van der Waals surface area contributed by atoms with Crippen molar-refractivity contribution in [3.63, 3.8) is 0 Å². The van der Waals surface area contributed by atoms with E-state index in [4.69, 9.17) is 15.5 Å². The number of methoxy groups -OCH3 is 1. The summed E-state index contributed by atoms with van der Waals surface area (Å²) in [5.74, 6) is 1.36. The monoisotopic (exact) mass is 476 g/mol. The number of aryl methyl sites for hydroxylation is 1. The Balaban J connectivity index is 1.76. The fourth-order valence-electron chi connectivity index (χ4n) is 4.83. The van der Waals surface area contributed by atoms with Crippen LogP contribution < -0.4 is 10.5 Å². The Hall–Kier alpha value is -2.70. The number of carbonyl (C=O) groups is 1. The van der Waals surface area contributed by atoms with Crippen molar-refractivity contribution in [3.05, 3.63) is 62.8 Å². The highest BCUT2D eigenvalue weighted by atomic mass is 32.1. The van der Waals surface area contributed by atoms with Gasteiger partial charge >= 0.3 is 0 Å². The molecule has 1 aliphatic rings. The fraction of sp³-hybridized carbons (Fsp3) is 0.333. The standard InChI is InChI=1S/C27H28N2O2S2/c1-27(2,3)16-9-12-19-18(14-16)21(15-7-10-17(31-4)11-8-15)22-23(28)25(33-26(22)29-19)24(30)20-6-5-13-32-20/h5-8,10-11,13,16H,9,12,14,28H2,1-4H3/t16-/m0/s1. The van der Waals surface area contributed by atoms with Gasteiger partial charge in [-0.25, -0.2) is 4.98 Å². The van der Waals surface area contributed by atoms with Crippen LogP contribution in [0.1, 0.15) is 53.0 Å². The quantitative estimate of drug-likeness (QED) is 0.322. The van der Waals surface area contributed by atoms with E-state index in [9.17, 15) is 4.79 Å². The fourth-order valence-corrected chi connectivity index (χ4v) is 6.64. The van der Waals surface area contributed by atoms with Crippen LogP contribution in [0.4, 0.5) is 5.69 Å². The Bertz CT molecular complexity index is 1330. The lowest BCUT2D eigenvalue weighted by Crippen LogP contribution is -2.27. The third-order valence-corrected chi connectivity index (χ3v) is 8.76. The largest absolute Gasteiger partial charge is 0.497 e. The van der Waals surface area contributed by atoms with Crippen molar-refractivity contribution in [2.45, 2.75) is 40.0 Å². The third kappa shape index (κ3) is 3.85. The van der Waals surface area contributed by atoms with Crippen molar-refractivity contribution in [2.24, 2.45) is 11.3 Å². The van der Waals surface area contributed by atoms with Gasteiger partial charge in [-0.15, -0.1) is 22.7 Å². The molecule has 3 heterocycles. The maximum Gasteiger partial charge on any atom is 0.215 e. The van der Waals surface area contributed by atoms with Gasteiger partial charge in [0, 0.05) is 11.1 Å². The van der Waals surface area contributed by atoms with Gasteiger partial charge in [-0.05, 0) is 70.9 Å². The number of ether oxygens (including phenoxy) is 1. The summed E-state index contributed by atoms with van der Waals surface area (Å²) in [6.07, 6.45) is 3.04. The van der Waals surface area contributed by atoms with Gasteiger partial charge in [0.05, 0.1) is 17.7 Å². The van der Waals surface area contributed by atoms with Crippen molar-refractivity contribution in [1.29, 1.82) is 0 Å². The number of nitrogens with zero attached hydrogens (tertiary/aromatic N) is 1. The topological polar surface area (TPSA) is 65.2 Å². The normalized spacial score (nSPS) is 16.1. The van der Waals surface area contributed by atoms with E-state index in [1.807, 2.05) is 29.6 Å². The first-order valence-electron chi connectivity index (χ1n) is 11.2. The average molecular weight is 477 g/mol. The predicted octanol–water partition coefficient (Wildman–Crippen LogP) is 7.00. The van der Waals surface area contributed by atoms with Crippen LogP contribution in [0.5, 0.6) is 5.75 Å². The number of rotatable bonds is 4. The maximum atomic E-state index is 13.2. The van der Waals surface area contributed by atoms with Gasteiger partial charge in [0.25, 0.3) is 0 Å². The van der Waals surface area contributed by atoms with Crippen molar-refractivity contribution >= 4 is 44.4 Å². The molecule has 0 spiro atoms. The smallest absolute Gasteiger partial charge is 0.215 e. The number of fused-ring (bicyclic) bond motifs is 2. The van der Waals surface area contributed by atoms with E-state index in [2.05, 4.69) is 32.9 Å². The zero-order chi connectivity index (χ0) is 23.3. The maximum absolute atomic E-state index is 13.2. The molecule has 6 heteroatoms. The molecular weight excluding hydrogens is 448 g/mol. The summed E-state index contributed by atoms with van der Waals surface area (Å²) in [6.45, 7) is 6.95. The molecule has 0 amide bonds. The molecule has 0 unspecified atom stereocenters. The lowest BCUT2D eigenvalue weighted by atomic mass is 9.70. The van der Waals surface area contributed by atoms with Crippen LogP contribution in [-0.2, 0) is 12.8 Å². The minimum Gasteiger partial charge on any atom is -0.497 e. The molecule has 170 valence electrons. The van der Waals surface area contributed by atoms with E-state index < -0.39 is 0 Å². The SMILES string of the molecule is COc1ccc(-c2c3c(nc4sc(C(=O)c5cccs5)c(N)c24)CC[C@H](C(C)(C)C)C3)cc1. The summed E-state index contributed by atoms with van der Waals surface area (Å²) in [6, 6.07) is 11.9. The highest BCUT2D eigenvalue weighted by Gasteiger charge is 2.33. The van der Waals surface area contributed by atoms with Crippen LogP contribution in [0, 0.1) is 11.3 Å². The number of pyridine rings is 1. The molecule has 33 heavy (non-hydrogen) atoms. The molecule has 2 N–H and O–H groups in total. The molecule has 0 saturated carbocycles. The second-order valence-corrected chi connectivity index (χ2v) is 11.7. The molecule has 1 aromatic carbocycles. The van der Waals surface area contributed by atoms with E-state index >= 15 is 0 Å². The van der Waals surface area contributed by atoms with Gasteiger partial charge in [-0.2, -0.15) is 0 Å². The van der Waals surface area contributed by atoms with Crippen LogP contribution in [0.15, 0.2) is 41.8 Å². The molecular formula is C27H28N2O2S2. The van der Waals surface area contributed by atoms with Gasteiger partial charge in [0.1, 0.15) is 15.5 Å². The van der Waals surface area contributed by atoms with Gasteiger partial charge in [0.15, 0.2) is 0 Å². The summed E-state index contributed by atoms with van der Waals surface area (Å²) in [7, 11) is 1.68. The molecule has 4 aromatic rings. The number of hydrogen-bond acceptors (Lipinski definition) is 6. The Morgan fingerprint density at radius 3 is 2.58 bits per heavy atom. The minimum atomic E-state index is -0.0169. The summed E-state index contributed by atoms with van der Waals surface area (Å²) >= 11 is 2.87. The van der Waals surface area contributed by atoms with Crippen molar-refractivity contribution in [1.82, 2.24) is 4.98 Å². The first kappa shape index (κ1) is 22.1. The Morgan fingerprint density at radius 2 is 1.94 bits per heavy atom. The molecule has 0 radical (unpaired) electrons. The van der Waals surface area contributed by atoms with Crippen molar-refractivity contribution in [3.8, 4) is 16.9 Å². The molecule has 1 aliphatic carbocycles. The van der Waals surface area contributed by atoms with Crippen LogP contribution in [-0.4, -0.2) is 17.9 Å². The van der Waals surface area contributed by atoms with Gasteiger partial charge in [-0.3, -0.25) is 4.79 Å². The second-order valence-electron chi connectivity index (χ2n) is 9.78. The lowest BCUT2D eigenvalue weighted by molar-refractivity contribution is 0.104. The summed E-state index contributed by atoms with van der Waals surface area (Å²) in [5, 5.41) is 2.83. The van der Waals surface area contributed by atoms with E-state index in [0.717, 1.165) is 52.0 Å². The number of aromatic nitrogens is 1. The first-order chi connectivity index (χ1) is 15.8. The Labute approximate surface area is 202 Å². The first-order valence-corrected chi connectivity index (χ1v) is 12.9. The molecule has 0 saturated heterocycles. The Morgan fingerprint density at radius 1 is 1.18 bits per heavy atom. The summed E-state index contributed by atoms with van der Waals surface area (Å²) in [5.41, 5.74) is 12.1. The van der Waals surface area contributed by atoms with Crippen molar-refractivity contribution < 1.29 is 9.53 Å². The number of hydrogen-bond donors (Lipinski definition) is 1. The zero-order valence-corrected chi connectivity index (χ0v) is 21.0. The second kappa shape index (κ2) is 8.26.